The number of aromatic nitrogens is 2. The maximum Gasteiger partial charge on any atom is 0.393 e. The maximum absolute atomic E-state index is 10.3. The molecule has 0 saturated heterocycles. The van der Waals surface area contributed by atoms with Gasteiger partial charge in [-0.3, -0.25) is 0 Å². The van der Waals surface area contributed by atoms with Crippen LogP contribution >= 0.6 is 0 Å². The first-order valence-corrected chi connectivity index (χ1v) is 3.37. The Labute approximate surface area is 68.2 Å². The number of carboxylic acid groups (broad SMARTS) is 1. The summed E-state index contributed by atoms with van der Waals surface area (Å²) >= 11 is 0. The van der Waals surface area contributed by atoms with Crippen LogP contribution in [0.25, 0.3) is 0 Å². The molecule has 1 heterocycles. The second-order valence-corrected chi connectivity index (χ2v) is 1.94. The molecule has 1 rings (SSSR count). The molecule has 12 heavy (non-hydrogen) atoms. The molecule has 0 atom stereocenters. The summed E-state index contributed by atoms with van der Waals surface area (Å²) in [5.41, 5.74) is 0. The Morgan fingerprint density at radius 1 is 1.67 bits per heavy atom. The van der Waals surface area contributed by atoms with Gasteiger partial charge in [0.25, 0.3) is 0 Å². The van der Waals surface area contributed by atoms with Crippen molar-refractivity contribution in [1.29, 1.82) is 0 Å². The minimum atomic E-state index is -1.23. The van der Waals surface area contributed by atoms with Crippen LogP contribution in [-0.4, -0.2) is 27.9 Å². The third-order valence-corrected chi connectivity index (χ3v) is 1.08. The molecule has 0 aliphatic rings. The van der Waals surface area contributed by atoms with Crippen LogP contribution in [0.2, 0.25) is 0 Å². The van der Waals surface area contributed by atoms with Gasteiger partial charge in [0, 0.05) is 6.61 Å². The highest BCUT2D eigenvalue weighted by atomic mass is 16.5. The van der Waals surface area contributed by atoms with Crippen LogP contribution in [0.3, 0.4) is 0 Å². The topological polar surface area (TPSA) is 85.5 Å². The van der Waals surface area contributed by atoms with E-state index in [1.54, 1.807) is 0 Å². The maximum atomic E-state index is 10.3. The predicted molar refractivity (Wildman–Crippen MR) is 36.6 cm³/mol. The Bertz CT molecular complexity index is 270. The summed E-state index contributed by atoms with van der Waals surface area (Å²) in [5, 5.41) is 15.1. The van der Waals surface area contributed by atoms with E-state index in [0.717, 1.165) is 0 Å². The van der Waals surface area contributed by atoms with E-state index in [1.807, 2.05) is 6.92 Å². The molecular weight excluding hydrogens is 164 g/mol. The Morgan fingerprint density at radius 3 is 2.92 bits per heavy atom. The van der Waals surface area contributed by atoms with E-state index in [-0.39, 0.29) is 12.5 Å². The van der Waals surface area contributed by atoms with Gasteiger partial charge in [0.1, 0.15) is 6.61 Å². The average molecular weight is 172 g/mol. The highest BCUT2D eigenvalue weighted by molar-refractivity contribution is 5.81. The van der Waals surface area contributed by atoms with E-state index in [4.69, 9.17) is 14.3 Å². The van der Waals surface area contributed by atoms with Crippen molar-refractivity contribution in [2.45, 2.75) is 13.5 Å². The first-order chi connectivity index (χ1) is 5.74. The monoisotopic (exact) mass is 172 g/mol. The van der Waals surface area contributed by atoms with Gasteiger partial charge in [-0.15, -0.1) is 10.2 Å². The number of hydrogen-bond donors (Lipinski definition) is 1. The van der Waals surface area contributed by atoms with Gasteiger partial charge in [0.2, 0.25) is 5.89 Å². The molecule has 6 heteroatoms. The van der Waals surface area contributed by atoms with E-state index >= 15 is 0 Å². The lowest BCUT2D eigenvalue weighted by molar-refractivity contribution is 0.0641. The van der Waals surface area contributed by atoms with Crippen molar-refractivity contribution in [3.05, 3.63) is 11.8 Å². The lowest BCUT2D eigenvalue weighted by Gasteiger charge is -1.92. The normalized spacial score (nSPS) is 10.1. The first kappa shape index (κ1) is 8.66. The van der Waals surface area contributed by atoms with Crippen LogP contribution in [0.15, 0.2) is 4.42 Å². The number of carboxylic acids is 1. The zero-order chi connectivity index (χ0) is 8.97. The summed E-state index contributed by atoms with van der Waals surface area (Å²) in [7, 11) is 0. The summed E-state index contributed by atoms with van der Waals surface area (Å²) in [5.74, 6) is -1.47. The van der Waals surface area contributed by atoms with Gasteiger partial charge >= 0.3 is 11.9 Å². The highest BCUT2D eigenvalue weighted by Crippen LogP contribution is 2.00. The Morgan fingerprint density at radius 2 is 2.42 bits per heavy atom. The summed E-state index contributed by atoms with van der Waals surface area (Å²) < 4.78 is 9.62. The van der Waals surface area contributed by atoms with E-state index in [1.165, 1.54) is 0 Å². The van der Waals surface area contributed by atoms with Crippen molar-refractivity contribution < 1.29 is 19.1 Å². The van der Waals surface area contributed by atoms with Crippen LogP contribution in [0.5, 0.6) is 0 Å². The lowest BCUT2D eigenvalue weighted by Crippen LogP contribution is -1.95. The number of nitrogens with zero attached hydrogens (tertiary/aromatic N) is 2. The van der Waals surface area contributed by atoms with E-state index in [2.05, 4.69) is 10.2 Å². The smallest absolute Gasteiger partial charge is 0.393 e. The third kappa shape index (κ3) is 2.03. The predicted octanol–water partition coefficient (Wildman–Crippen LogP) is 0.304. The third-order valence-electron chi connectivity index (χ3n) is 1.08. The molecule has 1 aromatic heterocycles. The largest absolute Gasteiger partial charge is 0.474 e. The van der Waals surface area contributed by atoms with Gasteiger partial charge in [-0.05, 0) is 6.92 Å². The fourth-order valence-electron chi connectivity index (χ4n) is 0.588. The summed E-state index contributed by atoms with van der Waals surface area (Å²) in [6.07, 6.45) is 0. The molecule has 0 fully saturated rings. The molecule has 0 aliphatic heterocycles. The molecule has 0 aromatic carbocycles. The Balaban J connectivity index is 2.58. The van der Waals surface area contributed by atoms with Crippen molar-refractivity contribution in [3.63, 3.8) is 0 Å². The van der Waals surface area contributed by atoms with E-state index in [9.17, 15) is 4.79 Å². The molecule has 1 aromatic rings. The highest BCUT2D eigenvalue weighted by Gasteiger charge is 2.12. The van der Waals surface area contributed by atoms with Crippen LogP contribution in [-0.2, 0) is 11.3 Å². The SMILES string of the molecule is CCOCc1nnc(C(=O)O)o1. The molecule has 0 amide bonds. The van der Waals surface area contributed by atoms with Crippen molar-refractivity contribution in [2.75, 3.05) is 6.61 Å². The Kier molecular flexibility index (Phi) is 2.76. The number of carbonyl (C=O) groups is 1. The zero-order valence-electron chi connectivity index (χ0n) is 6.48. The van der Waals surface area contributed by atoms with Gasteiger partial charge < -0.3 is 14.3 Å². The minimum Gasteiger partial charge on any atom is -0.474 e. The Hall–Kier alpha value is -1.43. The molecule has 0 spiro atoms. The summed E-state index contributed by atoms with van der Waals surface area (Å²) in [6, 6.07) is 0. The standard InChI is InChI=1S/C6H8N2O4/c1-2-11-3-4-7-8-5(12-4)6(9)10/h2-3H2,1H3,(H,9,10). The van der Waals surface area contributed by atoms with Crippen LogP contribution in [0, 0.1) is 0 Å². The number of rotatable bonds is 4. The first-order valence-electron chi connectivity index (χ1n) is 3.37. The van der Waals surface area contributed by atoms with Gasteiger partial charge in [-0.2, -0.15) is 0 Å². The van der Waals surface area contributed by atoms with Gasteiger partial charge in [-0.1, -0.05) is 0 Å². The molecule has 0 aliphatic carbocycles. The zero-order valence-corrected chi connectivity index (χ0v) is 6.48. The molecule has 0 unspecified atom stereocenters. The van der Waals surface area contributed by atoms with Gasteiger partial charge in [-0.25, -0.2) is 4.79 Å². The number of aromatic carboxylic acids is 1. The van der Waals surface area contributed by atoms with Crippen molar-refractivity contribution >= 4 is 5.97 Å². The van der Waals surface area contributed by atoms with Crippen LogP contribution in [0.1, 0.15) is 23.5 Å². The molecule has 0 bridgehead atoms. The minimum absolute atomic E-state index is 0.150. The molecular formula is C6H8N2O4. The second kappa shape index (κ2) is 3.82. The number of hydrogen-bond acceptors (Lipinski definition) is 5. The average Bonchev–Trinajstić information content (AvgIpc) is 2.48. The van der Waals surface area contributed by atoms with Crippen molar-refractivity contribution in [1.82, 2.24) is 10.2 Å². The van der Waals surface area contributed by atoms with E-state index < -0.39 is 11.9 Å². The second-order valence-electron chi connectivity index (χ2n) is 1.94. The molecule has 0 saturated carbocycles. The quantitative estimate of drug-likeness (QED) is 0.703. The summed E-state index contributed by atoms with van der Waals surface area (Å²) in [6.45, 7) is 2.48. The molecule has 66 valence electrons. The van der Waals surface area contributed by atoms with E-state index in [0.29, 0.717) is 6.61 Å². The van der Waals surface area contributed by atoms with Crippen molar-refractivity contribution in [2.24, 2.45) is 0 Å². The fraction of sp³-hybridized carbons (Fsp3) is 0.500. The lowest BCUT2D eigenvalue weighted by atomic mass is 10.7. The number of ether oxygens (including phenoxy) is 1. The van der Waals surface area contributed by atoms with Gasteiger partial charge in [0.15, 0.2) is 0 Å². The van der Waals surface area contributed by atoms with Crippen LogP contribution < -0.4 is 0 Å². The molecule has 6 nitrogen and oxygen atoms in total. The summed E-state index contributed by atoms with van der Waals surface area (Å²) in [4.78, 5) is 10.3. The fourth-order valence-corrected chi connectivity index (χ4v) is 0.588. The van der Waals surface area contributed by atoms with Crippen LogP contribution in [0.4, 0.5) is 0 Å². The molecule has 0 radical (unpaired) electrons. The van der Waals surface area contributed by atoms with Crippen molar-refractivity contribution in [3.8, 4) is 0 Å². The van der Waals surface area contributed by atoms with Gasteiger partial charge in [0.05, 0.1) is 0 Å². The molecule has 1 N–H and O–H groups in total.